The van der Waals surface area contributed by atoms with E-state index in [1.54, 1.807) is 0 Å². The van der Waals surface area contributed by atoms with Gasteiger partial charge in [-0.25, -0.2) is 17.9 Å². The molecule has 9 heteroatoms. The number of rotatable bonds is 7. The number of carbonyl (C=O) groups is 2. The molecule has 21 heavy (non-hydrogen) atoms. The number of carboxylic acid groups (broad SMARTS) is 1. The number of primary amides is 1. The van der Waals surface area contributed by atoms with Crippen molar-refractivity contribution in [2.45, 2.75) is 43.2 Å². The fourth-order valence-corrected chi connectivity index (χ4v) is 3.37. The number of hydrogen-bond donors (Lipinski definition) is 3. The quantitative estimate of drug-likeness (QED) is 0.655. The van der Waals surface area contributed by atoms with E-state index in [0.717, 1.165) is 18.9 Å². The highest BCUT2D eigenvalue weighted by Crippen LogP contribution is 2.37. The lowest BCUT2D eigenvalue weighted by Crippen LogP contribution is -2.35. The average Bonchev–Trinajstić information content (AvgIpc) is 3.04. The molecule has 1 unspecified atom stereocenters. The smallest absolute Gasteiger partial charge is 0.352 e. The van der Waals surface area contributed by atoms with E-state index in [1.807, 2.05) is 0 Å². The van der Waals surface area contributed by atoms with Crippen molar-refractivity contribution < 1.29 is 23.1 Å². The highest BCUT2D eigenvalue weighted by Gasteiger charge is 2.30. The normalized spacial score (nSPS) is 16.6. The summed E-state index contributed by atoms with van der Waals surface area (Å²) in [5, 5.41) is 9.12. The summed E-state index contributed by atoms with van der Waals surface area (Å²) in [4.78, 5) is 21.8. The molecule has 116 valence electrons. The predicted molar refractivity (Wildman–Crippen MR) is 73.3 cm³/mol. The van der Waals surface area contributed by atoms with Crippen LogP contribution in [0.2, 0.25) is 0 Å². The molecule has 1 amide bonds. The number of aromatic nitrogens is 1. The van der Waals surface area contributed by atoms with E-state index >= 15 is 0 Å². The van der Waals surface area contributed by atoms with Crippen molar-refractivity contribution in [2.24, 2.45) is 5.73 Å². The molecule has 0 aromatic carbocycles. The SMILES string of the molecule is CC(CC(N)=O)NS(=O)(=O)c1cc(C(=O)O)n(C2CC2)c1. The van der Waals surface area contributed by atoms with Gasteiger partial charge in [0.2, 0.25) is 15.9 Å². The average molecular weight is 315 g/mol. The van der Waals surface area contributed by atoms with Gasteiger partial charge in [0.15, 0.2) is 0 Å². The van der Waals surface area contributed by atoms with Crippen LogP contribution in [0.15, 0.2) is 17.2 Å². The van der Waals surface area contributed by atoms with Crippen molar-refractivity contribution >= 4 is 21.9 Å². The monoisotopic (exact) mass is 315 g/mol. The van der Waals surface area contributed by atoms with E-state index in [2.05, 4.69) is 4.72 Å². The molecule has 0 spiro atoms. The Morgan fingerprint density at radius 3 is 2.62 bits per heavy atom. The van der Waals surface area contributed by atoms with Crippen LogP contribution in [0.5, 0.6) is 0 Å². The number of nitrogens with one attached hydrogen (secondary N) is 1. The molecule has 0 bridgehead atoms. The Morgan fingerprint density at radius 1 is 1.52 bits per heavy atom. The highest BCUT2D eigenvalue weighted by molar-refractivity contribution is 7.89. The summed E-state index contributed by atoms with van der Waals surface area (Å²) in [6.45, 7) is 1.51. The molecule has 1 aliphatic rings. The molecular formula is C12H17N3O5S. The van der Waals surface area contributed by atoms with E-state index in [1.165, 1.54) is 17.7 Å². The van der Waals surface area contributed by atoms with Crippen LogP contribution in [0.3, 0.4) is 0 Å². The number of aromatic carboxylic acids is 1. The highest BCUT2D eigenvalue weighted by atomic mass is 32.2. The first-order valence-electron chi connectivity index (χ1n) is 6.46. The molecule has 1 aliphatic carbocycles. The number of nitrogens with zero attached hydrogens (tertiary/aromatic N) is 1. The molecule has 1 aromatic rings. The molecule has 1 atom stereocenters. The minimum absolute atomic E-state index is 0.0445. The van der Waals surface area contributed by atoms with Gasteiger partial charge >= 0.3 is 5.97 Å². The third-order valence-corrected chi connectivity index (χ3v) is 4.71. The van der Waals surface area contributed by atoms with E-state index < -0.39 is 27.9 Å². The van der Waals surface area contributed by atoms with Crippen molar-refractivity contribution in [1.29, 1.82) is 0 Å². The number of carbonyl (C=O) groups excluding carboxylic acids is 1. The van der Waals surface area contributed by atoms with Gasteiger partial charge < -0.3 is 15.4 Å². The standard InChI is InChI=1S/C12H17N3O5S/c1-7(4-11(13)16)14-21(19,20)9-5-10(12(17)18)15(6-9)8-2-3-8/h5-8,14H,2-4H2,1H3,(H2,13,16)(H,17,18). The Morgan fingerprint density at radius 2 is 2.14 bits per heavy atom. The first-order chi connectivity index (χ1) is 9.70. The lowest BCUT2D eigenvalue weighted by Gasteiger charge is -2.11. The van der Waals surface area contributed by atoms with Crippen molar-refractivity contribution in [3.8, 4) is 0 Å². The second-order valence-corrected chi connectivity index (χ2v) is 6.91. The van der Waals surface area contributed by atoms with E-state index in [9.17, 15) is 18.0 Å². The minimum Gasteiger partial charge on any atom is -0.477 e. The Bertz CT molecular complexity index is 675. The van der Waals surface area contributed by atoms with Crippen LogP contribution in [-0.4, -0.2) is 36.0 Å². The number of sulfonamides is 1. The first-order valence-corrected chi connectivity index (χ1v) is 7.95. The summed E-state index contributed by atoms with van der Waals surface area (Å²) >= 11 is 0. The van der Waals surface area contributed by atoms with Crippen LogP contribution in [-0.2, 0) is 14.8 Å². The summed E-state index contributed by atoms with van der Waals surface area (Å²) < 4.78 is 28.1. The van der Waals surface area contributed by atoms with Crippen molar-refractivity contribution in [2.75, 3.05) is 0 Å². The summed E-state index contributed by atoms with van der Waals surface area (Å²) in [7, 11) is -3.89. The van der Waals surface area contributed by atoms with Crippen molar-refractivity contribution in [3.05, 3.63) is 18.0 Å². The Hall–Kier alpha value is -1.87. The molecular weight excluding hydrogens is 298 g/mol. The van der Waals surface area contributed by atoms with Gasteiger partial charge in [-0.1, -0.05) is 0 Å². The Labute approximate surface area is 122 Å². The van der Waals surface area contributed by atoms with Gasteiger partial charge in [0.1, 0.15) is 10.6 Å². The molecule has 1 fully saturated rings. The zero-order valence-corrected chi connectivity index (χ0v) is 12.3. The van der Waals surface area contributed by atoms with E-state index in [4.69, 9.17) is 10.8 Å². The summed E-state index contributed by atoms with van der Waals surface area (Å²) in [6.07, 6.45) is 2.86. The van der Waals surface area contributed by atoms with Crippen LogP contribution in [0.25, 0.3) is 0 Å². The fraction of sp³-hybridized carbons (Fsp3) is 0.500. The van der Waals surface area contributed by atoms with Gasteiger partial charge in [0.05, 0.1) is 0 Å². The lowest BCUT2D eigenvalue weighted by molar-refractivity contribution is -0.118. The van der Waals surface area contributed by atoms with Crippen molar-refractivity contribution in [1.82, 2.24) is 9.29 Å². The maximum absolute atomic E-state index is 12.2. The zero-order valence-electron chi connectivity index (χ0n) is 11.4. The molecule has 0 radical (unpaired) electrons. The molecule has 1 saturated carbocycles. The topological polar surface area (TPSA) is 131 Å². The van der Waals surface area contributed by atoms with Crippen LogP contribution >= 0.6 is 0 Å². The minimum atomic E-state index is -3.89. The van der Waals surface area contributed by atoms with Gasteiger partial charge in [-0.15, -0.1) is 0 Å². The Kier molecular flexibility index (Phi) is 4.06. The molecule has 8 nitrogen and oxygen atoms in total. The Balaban J connectivity index is 2.26. The lowest BCUT2D eigenvalue weighted by atomic mass is 10.2. The number of nitrogens with two attached hydrogens (primary N) is 1. The summed E-state index contributed by atoms with van der Waals surface area (Å²) in [5.74, 6) is -1.79. The van der Waals surface area contributed by atoms with Crippen LogP contribution in [0, 0.1) is 0 Å². The molecule has 1 heterocycles. The molecule has 1 aromatic heterocycles. The van der Waals surface area contributed by atoms with Crippen LogP contribution in [0.4, 0.5) is 0 Å². The number of carboxylic acids is 1. The zero-order chi connectivity index (χ0) is 15.8. The van der Waals surface area contributed by atoms with E-state index in [0.29, 0.717) is 0 Å². The van der Waals surface area contributed by atoms with Gasteiger partial charge in [-0.2, -0.15) is 0 Å². The molecule has 0 aliphatic heterocycles. The molecule has 2 rings (SSSR count). The van der Waals surface area contributed by atoms with Gasteiger partial charge in [0.25, 0.3) is 0 Å². The molecule has 4 N–H and O–H groups in total. The number of hydrogen-bond acceptors (Lipinski definition) is 4. The van der Waals surface area contributed by atoms with Crippen molar-refractivity contribution in [3.63, 3.8) is 0 Å². The first kappa shape index (κ1) is 15.5. The van der Waals surface area contributed by atoms with Crippen LogP contribution < -0.4 is 10.5 Å². The maximum atomic E-state index is 12.2. The second-order valence-electron chi connectivity index (χ2n) is 5.20. The van der Waals surface area contributed by atoms with E-state index in [-0.39, 0.29) is 23.1 Å². The second kappa shape index (κ2) is 5.49. The number of amides is 1. The predicted octanol–water partition coefficient (Wildman–Crippen LogP) is 0.0634. The molecule has 0 saturated heterocycles. The maximum Gasteiger partial charge on any atom is 0.352 e. The van der Waals surface area contributed by atoms with Gasteiger partial charge in [0, 0.05) is 24.7 Å². The summed E-state index contributed by atoms with van der Waals surface area (Å²) in [5.41, 5.74) is 4.96. The fourth-order valence-electron chi connectivity index (χ4n) is 2.10. The summed E-state index contributed by atoms with van der Waals surface area (Å²) in [6, 6.07) is 0.508. The van der Waals surface area contributed by atoms with Gasteiger partial charge in [-0.3, -0.25) is 4.79 Å². The third-order valence-electron chi connectivity index (χ3n) is 3.16. The third kappa shape index (κ3) is 3.61. The largest absolute Gasteiger partial charge is 0.477 e. The van der Waals surface area contributed by atoms with Gasteiger partial charge in [-0.05, 0) is 25.8 Å². The van der Waals surface area contributed by atoms with Crippen LogP contribution in [0.1, 0.15) is 42.7 Å².